The summed E-state index contributed by atoms with van der Waals surface area (Å²) in [5.41, 5.74) is 1.79. The van der Waals surface area contributed by atoms with Gasteiger partial charge in [0.15, 0.2) is 0 Å². The highest BCUT2D eigenvalue weighted by atomic mass is 32.2. The molecule has 0 bridgehead atoms. The van der Waals surface area contributed by atoms with Crippen LogP contribution in [0.25, 0.3) is 0 Å². The Morgan fingerprint density at radius 1 is 1.42 bits per heavy atom. The first-order valence-corrected chi connectivity index (χ1v) is 7.84. The van der Waals surface area contributed by atoms with Crippen molar-refractivity contribution in [2.45, 2.75) is 25.4 Å². The normalized spacial score (nSPS) is 22.4. The molecule has 1 aliphatic heterocycles. The van der Waals surface area contributed by atoms with Crippen LogP contribution in [0.4, 0.5) is 0 Å². The first-order chi connectivity index (χ1) is 9.19. The van der Waals surface area contributed by atoms with Crippen LogP contribution in [0.3, 0.4) is 0 Å². The number of hydrogen-bond acceptors (Lipinski definition) is 3. The minimum absolute atomic E-state index is 0.0176. The van der Waals surface area contributed by atoms with Gasteiger partial charge in [0.2, 0.25) is 0 Å². The number of nitrogens with one attached hydrogen (secondary N) is 1. The Labute approximate surface area is 119 Å². The fraction of sp³-hybridized carbons (Fsp3) is 0.533. The molecule has 0 spiro atoms. The largest absolute Gasteiger partial charge is 0.376 e. The molecule has 0 radical (unpaired) electrons. The number of hydrogen-bond donors (Lipinski definition) is 1. The third-order valence-corrected chi connectivity index (χ3v) is 4.92. The van der Waals surface area contributed by atoms with Crippen molar-refractivity contribution in [1.82, 2.24) is 5.32 Å². The van der Waals surface area contributed by atoms with Crippen LogP contribution < -0.4 is 5.32 Å². The standard InChI is InChI=1S/C15H21NO2S/c1-3-12-4-6-13(7-5-12)14(17)16-10-15(18-2)8-9-19-11-15/h4-7H,3,8-11H2,1-2H3,(H,16,17)/t15-/m0/s1. The zero-order chi connectivity index (χ0) is 13.7. The van der Waals surface area contributed by atoms with E-state index in [-0.39, 0.29) is 11.5 Å². The van der Waals surface area contributed by atoms with Gasteiger partial charge in [-0.25, -0.2) is 0 Å². The zero-order valence-electron chi connectivity index (χ0n) is 11.6. The number of aryl methyl sites for hydroxylation is 1. The van der Waals surface area contributed by atoms with Gasteiger partial charge >= 0.3 is 0 Å². The second-order valence-electron chi connectivity index (χ2n) is 4.92. The minimum Gasteiger partial charge on any atom is -0.376 e. The molecule has 0 aromatic heterocycles. The maximum atomic E-state index is 12.1. The van der Waals surface area contributed by atoms with E-state index < -0.39 is 0 Å². The Morgan fingerprint density at radius 2 is 2.16 bits per heavy atom. The van der Waals surface area contributed by atoms with Crippen molar-refractivity contribution in [3.63, 3.8) is 0 Å². The molecule has 0 saturated carbocycles. The van der Waals surface area contributed by atoms with Crippen LogP contribution in [0, 0.1) is 0 Å². The molecule has 19 heavy (non-hydrogen) atoms. The second kappa shape index (κ2) is 6.44. The minimum atomic E-state index is -0.177. The van der Waals surface area contributed by atoms with Crippen molar-refractivity contribution in [3.8, 4) is 0 Å². The molecule has 2 rings (SSSR count). The molecule has 0 unspecified atom stereocenters. The van der Waals surface area contributed by atoms with Gasteiger partial charge in [-0.2, -0.15) is 11.8 Å². The third-order valence-electron chi connectivity index (χ3n) is 3.70. The summed E-state index contributed by atoms with van der Waals surface area (Å²) in [5.74, 6) is 2.05. The Kier molecular flexibility index (Phi) is 4.88. The maximum absolute atomic E-state index is 12.1. The van der Waals surface area contributed by atoms with E-state index >= 15 is 0 Å². The predicted octanol–water partition coefficient (Wildman–Crippen LogP) is 2.50. The average Bonchev–Trinajstić information content (AvgIpc) is 2.94. The van der Waals surface area contributed by atoms with E-state index in [9.17, 15) is 4.79 Å². The van der Waals surface area contributed by atoms with Gasteiger partial charge in [-0.1, -0.05) is 19.1 Å². The summed E-state index contributed by atoms with van der Waals surface area (Å²) in [6.45, 7) is 2.69. The molecule has 0 aliphatic carbocycles. The third kappa shape index (κ3) is 3.51. The van der Waals surface area contributed by atoms with Crippen LogP contribution in [0.1, 0.15) is 29.3 Å². The Bertz CT molecular complexity index is 424. The SMILES string of the molecule is CCc1ccc(C(=O)NC[C@@]2(OC)CCSC2)cc1. The molecule has 1 fully saturated rings. The van der Waals surface area contributed by atoms with E-state index in [1.807, 2.05) is 36.0 Å². The van der Waals surface area contributed by atoms with Gasteiger partial charge in [-0.15, -0.1) is 0 Å². The van der Waals surface area contributed by atoms with Crippen LogP contribution in [0.5, 0.6) is 0 Å². The van der Waals surface area contributed by atoms with Gasteiger partial charge in [0.1, 0.15) is 0 Å². The molecule has 1 N–H and O–H groups in total. The van der Waals surface area contributed by atoms with Gasteiger partial charge in [0, 0.05) is 25.0 Å². The van der Waals surface area contributed by atoms with E-state index in [0.717, 1.165) is 24.3 Å². The molecule has 1 aromatic rings. The average molecular weight is 279 g/mol. The Morgan fingerprint density at radius 3 is 2.68 bits per heavy atom. The van der Waals surface area contributed by atoms with Gasteiger partial charge in [-0.3, -0.25) is 4.79 Å². The summed E-state index contributed by atoms with van der Waals surface area (Å²) in [7, 11) is 1.73. The number of rotatable bonds is 5. The Hall–Kier alpha value is -1.00. The van der Waals surface area contributed by atoms with E-state index in [1.165, 1.54) is 5.56 Å². The molecule has 1 amide bonds. The van der Waals surface area contributed by atoms with Gasteiger partial charge in [0.05, 0.1) is 5.60 Å². The number of benzene rings is 1. The molecule has 1 aliphatic rings. The Balaban J connectivity index is 1.93. The quantitative estimate of drug-likeness (QED) is 0.900. The lowest BCUT2D eigenvalue weighted by molar-refractivity contribution is 0.0137. The second-order valence-corrected chi connectivity index (χ2v) is 6.03. The molecule has 1 aromatic carbocycles. The lowest BCUT2D eigenvalue weighted by atomic mass is 10.0. The van der Waals surface area contributed by atoms with Crippen molar-refractivity contribution >= 4 is 17.7 Å². The summed E-state index contributed by atoms with van der Waals surface area (Å²) in [6.07, 6.45) is 2.00. The van der Waals surface area contributed by atoms with Crippen molar-refractivity contribution in [2.24, 2.45) is 0 Å². The first kappa shape index (κ1) is 14.4. The van der Waals surface area contributed by atoms with Gasteiger partial charge in [0.25, 0.3) is 5.91 Å². The number of methoxy groups -OCH3 is 1. The number of ether oxygens (including phenoxy) is 1. The fourth-order valence-corrected chi connectivity index (χ4v) is 3.59. The first-order valence-electron chi connectivity index (χ1n) is 6.69. The van der Waals surface area contributed by atoms with Crippen molar-refractivity contribution in [2.75, 3.05) is 25.2 Å². The maximum Gasteiger partial charge on any atom is 0.251 e. The van der Waals surface area contributed by atoms with Crippen LogP contribution in [0.15, 0.2) is 24.3 Å². The highest BCUT2D eigenvalue weighted by Gasteiger charge is 2.34. The van der Waals surface area contributed by atoms with Crippen LogP contribution >= 0.6 is 11.8 Å². The highest BCUT2D eigenvalue weighted by molar-refractivity contribution is 7.99. The van der Waals surface area contributed by atoms with Crippen LogP contribution in [-0.2, 0) is 11.2 Å². The summed E-state index contributed by atoms with van der Waals surface area (Å²) >= 11 is 1.88. The molecular formula is C15H21NO2S. The lowest BCUT2D eigenvalue weighted by Crippen LogP contribution is -2.44. The van der Waals surface area contributed by atoms with Crippen molar-refractivity contribution in [1.29, 1.82) is 0 Å². The topological polar surface area (TPSA) is 38.3 Å². The van der Waals surface area contributed by atoms with E-state index in [4.69, 9.17) is 4.74 Å². The zero-order valence-corrected chi connectivity index (χ0v) is 12.4. The van der Waals surface area contributed by atoms with Crippen LogP contribution in [-0.4, -0.2) is 36.7 Å². The molecule has 1 heterocycles. The molecule has 1 saturated heterocycles. The fourth-order valence-electron chi connectivity index (χ4n) is 2.20. The lowest BCUT2D eigenvalue weighted by Gasteiger charge is -2.26. The number of thioether (sulfide) groups is 1. The van der Waals surface area contributed by atoms with Crippen molar-refractivity contribution in [3.05, 3.63) is 35.4 Å². The summed E-state index contributed by atoms with van der Waals surface area (Å²) in [4.78, 5) is 12.1. The number of amides is 1. The van der Waals surface area contributed by atoms with Crippen LogP contribution in [0.2, 0.25) is 0 Å². The van der Waals surface area contributed by atoms with Gasteiger partial charge in [-0.05, 0) is 36.3 Å². The molecule has 4 heteroatoms. The molecule has 104 valence electrons. The number of carbonyl (C=O) groups is 1. The highest BCUT2D eigenvalue weighted by Crippen LogP contribution is 2.30. The van der Waals surface area contributed by atoms with E-state index in [2.05, 4.69) is 12.2 Å². The molecular weight excluding hydrogens is 258 g/mol. The van der Waals surface area contributed by atoms with Crippen molar-refractivity contribution < 1.29 is 9.53 Å². The summed E-state index contributed by atoms with van der Waals surface area (Å²) in [6, 6.07) is 7.78. The summed E-state index contributed by atoms with van der Waals surface area (Å²) in [5, 5.41) is 2.99. The van der Waals surface area contributed by atoms with E-state index in [1.54, 1.807) is 7.11 Å². The van der Waals surface area contributed by atoms with Gasteiger partial charge < -0.3 is 10.1 Å². The number of carbonyl (C=O) groups excluding carboxylic acids is 1. The predicted molar refractivity (Wildman–Crippen MR) is 79.8 cm³/mol. The molecule has 3 nitrogen and oxygen atoms in total. The summed E-state index contributed by atoms with van der Waals surface area (Å²) < 4.78 is 5.59. The smallest absolute Gasteiger partial charge is 0.251 e. The molecule has 1 atom stereocenters. The van der Waals surface area contributed by atoms with E-state index in [0.29, 0.717) is 12.1 Å². The monoisotopic (exact) mass is 279 g/mol.